The molecule has 0 aliphatic carbocycles. The van der Waals surface area contributed by atoms with Crippen LogP contribution in [0.5, 0.6) is 0 Å². The van der Waals surface area contributed by atoms with Crippen LogP contribution in [0.2, 0.25) is 0 Å². The first-order chi connectivity index (χ1) is 9.45. The van der Waals surface area contributed by atoms with Gasteiger partial charge in [-0.2, -0.15) is 36.4 Å². The molecule has 0 unspecified atom stereocenters. The summed E-state index contributed by atoms with van der Waals surface area (Å²) in [5.74, 6) is 0. The summed E-state index contributed by atoms with van der Waals surface area (Å²) in [6, 6.07) is 33.6. The quantitative estimate of drug-likeness (QED) is 0.486. The summed E-state index contributed by atoms with van der Waals surface area (Å²) < 4.78 is 0. The van der Waals surface area contributed by atoms with Crippen LogP contribution >= 0.6 is 0 Å². The van der Waals surface area contributed by atoms with Gasteiger partial charge in [-0.25, -0.2) is 0 Å². The van der Waals surface area contributed by atoms with Crippen LogP contribution in [0.15, 0.2) is 93.5 Å². The summed E-state index contributed by atoms with van der Waals surface area (Å²) in [6.07, 6.45) is 0. The third-order valence-corrected chi connectivity index (χ3v) is 4.91. The molecule has 0 aromatic heterocycles. The molecule has 3 rings (SSSR count). The molecule has 0 heterocycles. The summed E-state index contributed by atoms with van der Waals surface area (Å²) in [7, 11) is -0.126. The fourth-order valence-corrected chi connectivity index (χ4v) is 3.91. The van der Waals surface area contributed by atoms with Gasteiger partial charge in [-0.05, 0) is 12.1 Å². The Morgan fingerprint density at radius 2 is 1.10 bits per heavy atom. The van der Waals surface area contributed by atoms with Crippen molar-refractivity contribution in [2.24, 2.45) is 0 Å². The van der Waals surface area contributed by atoms with E-state index in [2.05, 4.69) is 66.7 Å². The Balaban J connectivity index is 0.00000147. The average Bonchev–Trinajstić information content (AvgIpc) is 2.51. The van der Waals surface area contributed by atoms with Gasteiger partial charge in [-0.15, -0.1) is 24.3 Å². The van der Waals surface area contributed by atoms with E-state index in [1.165, 1.54) is 14.7 Å². The fraction of sp³-hybridized carbons (Fsp3) is 0. The second-order valence-electron chi connectivity index (χ2n) is 4.07. The van der Waals surface area contributed by atoms with Gasteiger partial charge in [0.2, 0.25) is 0 Å². The van der Waals surface area contributed by atoms with Crippen molar-refractivity contribution in [1.29, 1.82) is 0 Å². The average molecular weight is 350 g/mol. The van der Waals surface area contributed by atoms with Gasteiger partial charge in [0.05, 0.1) is 9.79 Å². The molecule has 0 nitrogen and oxygen atoms in total. The van der Waals surface area contributed by atoms with Crippen LogP contribution in [0.25, 0.3) is 0 Å². The Morgan fingerprint density at radius 3 is 1.55 bits per heavy atom. The fourth-order valence-electron chi connectivity index (χ4n) is 1.94. The number of benzene rings is 3. The molecular formula is C18H13SY-. The van der Waals surface area contributed by atoms with Crippen LogP contribution < -0.4 is 0 Å². The topological polar surface area (TPSA) is 0 Å². The van der Waals surface area contributed by atoms with E-state index in [0.717, 1.165) is 0 Å². The van der Waals surface area contributed by atoms with Crippen LogP contribution in [0.4, 0.5) is 0 Å². The predicted molar refractivity (Wildman–Crippen MR) is 79.2 cm³/mol. The first kappa shape index (κ1) is 15.5. The van der Waals surface area contributed by atoms with Crippen LogP contribution in [0.3, 0.4) is 0 Å². The van der Waals surface area contributed by atoms with E-state index < -0.39 is 0 Å². The smallest absolute Gasteiger partial charge is 0.162 e. The van der Waals surface area contributed by atoms with Crippen LogP contribution in [0, 0.1) is 12.1 Å². The molecule has 95 valence electrons. The van der Waals surface area contributed by atoms with E-state index >= 15 is 0 Å². The third kappa shape index (κ3) is 3.60. The van der Waals surface area contributed by atoms with E-state index in [9.17, 15) is 0 Å². The Bertz CT molecular complexity index is 529. The molecule has 0 amide bonds. The van der Waals surface area contributed by atoms with Crippen molar-refractivity contribution >= 4 is 10.9 Å². The molecule has 0 fully saturated rings. The second-order valence-corrected chi connectivity index (χ2v) is 6.04. The van der Waals surface area contributed by atoms with Crippen molar-refractivity contribution in [3.63, 3.8) is 0 Å². The zero-order valence-electron chi connectivity index (χ0n) is 11.0. The van der Waals surface area contributed by atoms with Gasteiger partial charge < -0.3 is 0 Å². The summed E-state index contributed by atoms with van der Waals surface area (Å²) in [4.78, 5) is 3.71. The molecule has 0 bridgehead atoms. The minimum absolute atomic E-state index is 0. The van der Waals surface area contributed by atoms with Gasteiger partial charge in [0.1, 0.15) is 0 Å². The van der Waals surface area contributed by atoms with Crippen molar-refractivity contribution in [2.75, 3.05) is 0 Å². The normalized spacial score (nSPS) is 10.1. The van der Waals surface area contributed by atoms with Crippen LogP contribution in [0.1, 0.15) is 0 Å². The molecule has 3 aromatic rings. The molecule has 0 saturated heterocycles. The van der Waals surface area contributed by atoms with Crippen molar-refractivity contribution in [2.45, 2.75) is 14.7 Å². The summed E-state index contributed by atoms with van der Waals surface area (Å²) >= 11 is 0. The molecule has 0 aliphatic heterocycles. The summed E-state index contributed by atoms with van der Waals surface area (Å²) in [5, 5.41) is 0. The predicted octanol–water partition coefficient (Wildman–Crippen LogP) is 4.38. The molecule has 3 aromatic carbocycles. The molecule has 0 N–H and O–H groups in total. The van der Waals surface area contributed by atoms with Crippen LogP contribution in [-0.4, -0.2) is 0 Å². The van der Waals surface area contributed by atoms with E-state index in [-0.39, 0.29) is 43.6 Å². The van der Waals surface area contributed by atoms with E-state index in [4.69, 9.17) is 0 Å². The zero-order chi connectivity index (χ0) is 12.9. The van der Waals surface area contributed by atoms with Crippen molar-refractivity contribution in [3.05, 3.63) is 91.0 Å². The molecule has 2 heteroatoms. The second kappa shape index (κ2) is 7.78. The number of rotatable bonds is 3. The van der Waals surface area contributed by atoms with Gasteiger partial charge in [0.25, 0.3) is 0 Å². The maximum atomic E-state index is 3.36. The third-order valence-electron chi connectivity index (χ3n) is 2.78. The van der Waals surface area contributed by atoms with Crippen molar-refractivity contribution < 1.29 is 32.7 Å². The molecule has 0 spiro atoms. The molecular weight excluding hydrogens is 337 g/mol. The molecule has 20 heavy (non-hydrogen) atoms. The Kier molecular flexibility index (Phi) is 6.03. The maximum absolute atomic E-state index is 3.36. The first-order valence-electron chi connectivity index (χ1n) is 6.18. The van der Waals surface area contributed by atoms with Crippen LogP contribution in [-0.2, 0) is 43.6 Å². The monoisotopic (exact) mass is 350 g/mol. The Labute approximate surface area is 148 Å². The summed E-state index contributed by atoms with van der Waals surface area (Å²) in [5.41, 5.74) is 0. The van der Waals surface area contributed by atoms with Gasteiger partial charge in [-0.1, -0.05) is 18.2 Å². The molecule has 0 saturated carbocycles. The van der Waals surface area contributed by atoms with E-state index in [1.807, 2.05) is 24.3 Å². The zero-order valence-corrected chi connectivity index (χ0v) is 14.6. The van der Waals surface area contributed by atoms with Crippen molar-refractivity contribution in [3.8, 4) is 0 Å². The van der Waals surface area contributed by atoms with Gasteiger partial charge in [-0.3, -0.25) is 0 Å². The largest absolute Gasteiger partial charge is 0.172 e. The Hall–Kier alpha value is -0.886. The first-order valence-corrected chi connectivity index (χ1v) is 7.40. The van der Waals surface area contributed by atoms with Crippen molar-refractivity contribution in [1.82, 2.24) is 0 Å². The molecule has 0 aliphatic rings. The van der Waals surface area contributed by atoms with E-state index in [0.29, 0.717) is 0 Å². The van der Waals surface area contributed by atoms with Gasteiger partial charge >= 0.3 is 0 Å². The Morgan fingerprint density at radius 1 is 0.600 bits per heavy atom. The van der Waals surface area contributed by atoms with E-state index in [1.54, 1.807) is 0 Å². The number of hydrogen-bond acceptors (Lipinski definition) is 0. The maximum Gasteiger partial charge on any atom is 0.162 e. The molecule has 1 radical (unpaired) electrons. The number of hydrogen-bond donors (Lipinski definition) is 0. The minimum Gasteiger partial charge on any atom is -0.172 e. The standard InChI is InChI=1S/C18H13S.Y/c1-4-10-16(11-5-1)19(17-12-6-2-7-13-17)18-14-8-3-9-15-18;/h1-12,14H;/q-1;. The minimum atomic E-state index is -0.126. The SMILES string of the molecule is [Y].[c-]1ccccc1[S+](c1[c-]cccc1)c1ccccc1. The summed E-state index contributed by atoms with van der Waals surface area (Å²) in [6.45, 7) is 0. The van der Waals surface area contributed by atoms with Gasteiger partial charge in [0.15, 0.2) is 4.90 Å². The van der Waals surface area contributed by atoms with Gasteiger partial charge in [0, 0.05) is 43.6 Å². The molecule has 0 atom stereocenters.